The molecule has 3 N–H and O–H groups in total. The Morgan fingerprint density at radius 3 is 1.10 bits per heavy atom. The maximum absolute atomic E-state index is 12.1. The van der Waals surface area contributed by atoms with Gasteiger partial charge in [-0.2, -0.15) is 0 Å². The maximum atomic E-state index is 12.1. The molecule has 0 rings (SSSR count). The number of phosphoric ester groups is 1. The molecular formula is C49H98NO8P. The van der Waals surface area contributed by atoms with Gasteiger partial charge in [-0.25, -0.2) is 4.57 Å². The van der Waals surface area contributed by atoms with Crippen LogP contribution >= 0.6 is 7.82 Å². The number of carbonyl (C=O) groups is 2. The molecule has 0 bridgehead atoms. The number of hydrogen-bond donors (Lipinski definition) is 3. The van der Waals surface area contributed by atoms with Gasteiger partial charge in [-0.1, -0.05) is 245 Å². The summed E-state index contributed by atoms with van der Waals surface area (Å²) in [5.74, 6) is -0.499. The summed E-state index contributed by atoms with van der Waals surface area (Å²) in [5, 5.41) is 12.7. The van der Waals surface area contributed by atoms with Gasteiger partial charge >= 0.3 is 13.8 Å². The highest BCUT2D eigenvalue weighted by Gasteiger charge is 2.23. The summed E-state index contributed by atoms with van der Waals surface area (Å²) in [5.41, 5.74) is 0. The summed E-state index contributed by atoms with van der Waals surface area (Å²) < 4.78 is 27.0. The first kappa shape index (κ1) is 58.0. The van der Waals surface area contributed by atoms with Crippen molar-refractivity contribution in [3.63, 3.8) is 0 Å². The van der Waals surface area contributed by atoms with Gasteiger partial charge in [0.1, 0.15) is 12.7 Å². The topological polar surface area (TPSA) is 131 Å². The molecule has 10 heteroatoms. The van der Waals surface area contributed by atoms with E-state index in [4.69, 9.17) is 13.8 Å². The molecule has 0 spiro atoms. The van der Waals surface area contributed by atoms with Crippen molar-refractivity contribution in [3.8, 4) is 0 Å². The van der Waals surface area contributed by atoms with Crippen LogP contribution in [0.15, 0.2) is 0 Å². The van der Waals surface area contributed by atoms with Crippen molar-refractivity contribution in [2.24, 2.45) is 0 Å². The molecule has 0 saturated carbocycles. The number of ether oxygens (including phenoxy) is 1. The lowest BCUT2D eigenvalue weighted by Crippen LogP contribution is -2.27. The molecule has 0 aliphatic carbocycles. The third-order valence-corrected chi connectivity index (χ3v) is 12.5. The first-order valence-electron chi connectivity index (χ1n) is 25.5. The molecular weight excluding hydrogens is 762 g/mol. The molecule has 0 fully saturated rings. The van der Waals surface area contributed by atoms with Gasteiger partial charge in [0.25, 0.3) is 0 Å². The number of aliphatic hydroxyl groups excluding tert-OH is 1. The first-order chi connectivity index (χ1) is 28.8. The molecule has 0 aromatic heterocycles. The monoisotopic (exact) mass is 860 g/mol. The smallest absolute Gasteiger partial charge is 0.463 e. The van der Waals surface area contributed by atoms with Crippen LogP contribution in [0.25, 0.3) is 0 Å². The van der Waals surface area contributed by atoms with Crippen molar-refractivity contribution >= 4 is 19.7 Å². The normalized spacial score (nSPS) is 13.1. The van der Waals surface area contributed by atoms with E-state index in [1.807, 2.05) is 0 Å². The van der Waals surface area contributed by atoms with Crippen LogP contribution in [0.3, 0.4) is 0 Å². The molecule has 0 radical (unpaired) electrons. The Bertz CT molecular complexity index is 938. The van der Waals surface area contributed by atoms with E-state index in [9.17, 15) is 24.2 Å². The Labute approximate surface area is 365 Å². The van der Waals surface area contributed by atoms with Crippen LogP contribution in [-0.4, -0.2) is 54.3 Å². The van der Waals surface area contributed by atoms with E-state index in [0.29, 0.717) is 12.8 Å². The number of esters is 1. The van der Waals surface area contributed by atoms with Gasteiger partial charge in [0, 0.05) is 19.4 Å². The molecule has 0 heterocycles. The zero-order chi connectivity index (χ0) is 43.2. The molecule has 0 aliphatic rings. The van der Waals surface area contributed by atoms with E-state index in [-0.39, 0.29) is 25.7 Å². The Kier molecular flexibility index (Phi) is 45.7. The van der Waals surface area contributed by atoms with E-state index >= 15 is 0 Å². The zero-order valence-corrected chi connectivity index (χ0v) is 39.9. The second-order valence-corrected chi connectivity index (χ2v) is 19.0. The average molecular weight is 860 g/mol. The van der Waals surface area contributed by atoms with Crippen LogP contribution < -0.4 is 5.32 Å². The Hall–Kier alpha value is -0.990. The lowest BCUT2D eigenvalue weighted by atomic mass is 10.0. The molecule has 0 saturated heterocycles. The van der Waals surface area contributed by atoms with Crippen LogP contribution in [0.2, 0.25) is 0 Å². The van der Waals surface area contributed by atoms with Gasteiger partial charge in [0.05, 0.1) is 13.2 Å². The van der Waals surface area contributed by atoms with Gasteiger partial charge in [0.15, 0.2) is 0 Å². The Morgan fingerprint density at radius 1 is 0.458 bits per heavy atom. The van der Waals surface area contributed by atoms with Crippen molar-refractivity contribution in [3.05, 3.63) is 0 Å². The van der Waals surface area contributed by atoms with E-state index in [0.717, 1.165) is 38.5 Å². The standard InChI is InChI=1S/C49H98NO8P/c1-3-5-7-9-11-13-15-17-19-20-21-22-23-24-25-26-27-28-30-32-34-36-38-40-42-49(53)56-45-47(51)46-58-59(54,55)57-44-43-50-48(52)41-39-37-35-33-31-29-18-16-14-12-10-8-6-4-2/h47,51H,3-46H2,1-2H3,(H,50,52)(H,54,55). The minimum atomic E-state index is -4.41. The number of phosphoric acid groups is 1. The van der Waals surface area contributed by atoms with Gasteiger partial charge in [-0.05, 0) is 12.8 Å². The minimum Gasteiger partial charge on any atom is -0.463 e. The van der Waals surface area contributed by atoms with Crippen LogP contribution in [0.1, 0.15) is 271 Å². The molecule has 9 nitrogen and oxygen atoms in total. The highest BCUT2D eigenvalue weighted by Crippen LogP contribution is 2.42. The number of rotatable bonds is 49. The van der Waals surface area contributed by atoms with E-state index in [2.05, 4.69) is 19.2 Å². The largest absolute Gasteiger partial charge is 0.472 e. The molecule has 352 valence electrons. The summed E-state index contributed by atoms with van der Waals surface area (Å²) in [7, 11) is -4.41. The number of amides is 1. The van der Waals surface area contributed by atoms with Gasteiger partial charge < -0.3 is 20.1 Å². The highest BCUT2D eigenvalue weighted by molar-refractivity contribution is 7.47. The van der Waals surface area contributed by atoms with Crippen molar-refractivity contribution in [2.45, 2.75) is 277 Å². The SMILES string of the molecule is CCCCCCCCCCCCCCCCCCCCCCCCCCC(=O)OCC(O)COP(=O)(O)OCCNC(=O)CCCCCCCCCCCCCCCC. The minimum absolute atomic E-state index is 0.0884. The molecule has 0 aliphatic heterocycles. The molecule has 59 heavy (non-hydrogen) atoms. The third-order valence-electron chi connectivity index (χ3n) is 11.5. The van der Waals surface area contributed by atoms with Crippen molar-refractivity contribution in [2.75, 3.05) is 26.4 Å². The van der Waals surface area contributed by atoms with E-state index < -0.39 is 26.5 Å². The fraction of sp³-hybridized carbons (Fsp3) is 0.959. The molecule has 2 unspecified atom stereocenters. The number of aliphatic hydroxyl groups is 1. The van der Waals surface area contributed by atoms with Crippen LogP contribution in [0.5, 0.6) is 0 Å². The fourth-order valence-electron chi connectivity index (χ4n) is 7.68. The number of unbranched alkanes of at least 4 members (excludes halogenated alkanes) is 36. The van der Waals surface area contributed by atoms with Crippen molar-refractivity contribution in [1.29, 1.82) is 0 Å². The summed E-state index contributed by atoms with van der Waals surface area (Å²) in [4.78, 5) is 34.0. The van der Waals surface area contributed by atoms with Crippen LogP contribution in [0.4, 0.5) is 0 Å². The summed E-state index contributed by atoms with van der Waals surface area (Å²) in [6.45, 7) is 3.62. The summed E-state index contributed by atoms with van der Waals surface area (Å²) in [6, 6.07) is 0. The predicted molar refractivity (Wildman–Crippen MR) is 248 cm³/mol. The van der Waals surface area contributed by atoms with Crippen molar-refractivity contribution in [1.82, 2.24) is 5.32 Å². The van der Waals surface area contributed by atoms with Gasteiger partial charge in [-0.3, -0.25) is 18.6 Å². The van der Waals surface area contributed by atoms with Gasteiger partial charge in [0.2, 0.25) is 5.91 Å². The number of hydrogen-bond acceptors (Lipinski definition) is 7. The molecule has 0 aromatic carbocycles. The molecule has 0 aromatic rings. The van der Waals surface area contributed by atoms with Crippen LogP contribution in [-0.2, 0) is 27.9 Å². The Morgan fingerprint density at radius 2 is 0.763 bits per heavy atom. The van der Waals surface area contributed by atoms with E-state index in [1.165, 1.54) is 205 Å². The van der Waals surface area contributed by atoms with Crippen LogP contribution in [0, 0.1) is 0 Å². The predicted octanol–water partition coefficient (Wildman–Crippen LogP) is 14.8. The summed E-state index contributed by atoms with van der Waals surface area (Å²) in [6.07, 6.45) is 49.1. The average Bonchev–Trinajstić information content (AvgIpc) is 3.22. The first-order valence-corrected chi connectivity index (χ1v) is 27.0. The second kappa shape index (κ2) is 46.5. The second-order valence-electron chi connectivity index (χ2n) is 17.5. The lowest BCUT2D eigenvalue weighted by molar-refractivity contribution is -0.147. The molecule has 2 atom stereocenters. The summed E-state index contributed by atoms with van der Waals surface area (Å²) >= 11 is 0. The quantitative estimate of drug-likeness (QED) is 0.0313. The van der Waals surface area contributed by atoms with E-state index in [1.54, 1.807) is 0 Å². The fourth-order valence-corrected chi connectivity index (χ4v) is 8.44. The number of nitrogens with one attached hydrogen (secondary N) is 1. The third kappa shape index (κ3) is 47.9. The Balaban J connectivity index is 3.48. The number of carbonyl (C=O) groups excluding carboxylic acids is 2. The van der Waals surface area contributed by atoms with Gasteiger partial charge in [-0.15, -0.1) is 0 Å². The maximum Gasteiger partial charge on any atom is 0.472 e. The lowest BCUT2D eigenvalue weighted by Gasteiger charge is -2.15. The zero-order valence-electron chi connectivity index (χ0n) is 39.0. The highest BCUT2D eigenvalue weighted by atomic mass is 31.2. The molecule has 1 amide bonds. The van der Waals surface area contributed by atoms with Crippen molar-refractivity contribution < 1.29 is 37.9 Å².